The molecule has 0 aromatic rings. The molecule has 10 heavy (non-hydrogen) atoms. The second-order valence-electron chi connectivity index (χ2n) is 2.97. The number of rotatable bonds is 0. The molecule has 0 aliphatic carbocycles. The molecule has 2 saturated heterocycles. The highest BCUT2D eigenvalue weighted by molar-refractivity contribution is 4.74. The lowest BCUT2D eigenvalue weighted by molar-refractivity contribution is -0.672. The predicted molar refractivity (Wildman–Crippen MR) is 35.5 cm³/mol. The third kappa shape index (κ3) is 1.05. The molecule has 0 aromatic heterocycles. The topological polar surface area (TPSA) is 35.1 Å². The fourth-order valence-corrected chi connectivity index (χ4v) is 1.70. The summed E-state index contributed by atoms with van der Waals surface area (Å²) in [6.45, 7) is 3.89. The van der Waals surface area contributed by atoms with Gasteiger partial charge in [0.05, 0.1) is 39.1 Å². The van der Waals surface area contributed by atoms with Gasteiger partial charge in [-0.25, -0.2) is 0 Å². The quantitative estimate of drug-likeness (QED) is 0.477. The molecule has 2 heterocycles. The van der Waals surface area contributed by atoms with Crippen LogP contribution in [0.15, 0.2) is 0 Å². The van der Waals surface area contributed by atoms with Gasteiger partial charge in [-0.1, -0.05) is 0 Å². The van der Waals surface area contributed by atoms with Gasteiger partial charge in [0.2, 0.25) is 0 Å². The number of hydrogen-bond donors (Lipinski definition) is 1. The van der Waals surface area contributed by atoms with E-state index in [9.17, 15) is 0 Å². The Morgan fingerprint density at radius 2 is 1.60 bits per heavy atom. The largest absolute Gasteiger partial charge is 0.347 e. The molecule has 1 spiro atoms. The Morgan fingerprint density at radius 1 is 1.00 bits per heavy atom. The average Bonchev–Trinajstić information content (AvgIpc) is 2.39. The average molecular weight is 144 g/mol. The zero-order valence-electron chi connectivity index (χ0n) is 6.14. The number of quaternary nitrogens is 1. The second-order valence-corrected chi connectivity index (χ2v) is 2.97. The van der Waals surface area contributed by atoms with E-state index in [4.69, 9.17) is 9.47 Å². The lowest BCUT2D eigenvalue weighted by Crippen LogP contribution is -2.87. The molecule has 2 aliphatic rings. The van der Waals surface area contributed by atoms with Crippen molar-refractivity contribution in [1.82, 2.24) is 0 Å². The minimum absolute atomic E-state index is 0.158. The SMILES string of the molecule is C1CC2(CC[NH2+]1)OCCO2. The molecule has 2 rings (SSSR count). The summed E-state index contributed by atoms with van der Waals surface area (Å²) < 4.78 is 11.1. The number of piperidine rings is 1. The molecule has 0 radical (unpaired) electrons. The highest BCUT2D eigenvalue weighted by Crippen LogP contribution is 2.26. The van der Waals surface area contributed by atoms with Crippen molar-refractivity contribution in [3.63, 3.8) is 0 Å². The molecule has 58 valence electrons. The zero-order valence-corrected chi connectivity index (χ0v) is 6.14. The van der Waals surface area contributed by atoms with Crippen molar-refractivity contribution in [3.05, 3.63) is 0 Å². The summed E-state index contributed by atoms with van der Waals surface area (Å²) in [5.74, 6) is -0.158. The summed E-state index contributed by atoms with van der Waals surface area (Å²) in [5, 5.41) is 2.32. The summed E-state index contributed by atoms with van der Waals surface area (Å²) >= 11 is 0. The summed E-state index contributed by atoms with van der Waals surface area (Å²) in [4.78, 5) is 0. The van der Waals surface area contributed by atoms with E-state index >= 15 is 0 Å². The number of ether oxygens (including phenoxy) is 2. The Morgan fingerprint density at radius 3 is 2.20 bits per heavy atom. The predicted octanol–water partition coefficient (Wildman–Crippen LogP) is -0.913. The van der Waals surface area contributed by atoms with Crippen molar-refractivity contribution in [3.8, 4) is 0 Å². The Bertz CT molecular complexity index is 113. The van der Waals surface area contributed by atoms with E-state index in [1.807, 2.05) is 0 Å². The molecule has 3 heteroatoms. The van der Waals surface area contributed by atoms with Gasteiger partial charge in [-0.3, -0.25) is 0 Å². The summed E-state index contributed by atoms with van der Waals surface area (Å²) in [6.07, 6.45) is 2.12. The van der Waals surface area contributed by atoms with Crippen LogP contribution in [0.25, 0.3) is 0 Å². The van der Waals surface area contributed by atoms with E-state index in [0.717, 1.165) is 39.1 Å². The van der Waals surface area contributed by atoms with Crippen molar-refractivity contribution >= 4 is 0 Å². The van der Waals surface area contributed by atoms with Gasteiger partial charge >= 0.3 is 0 Å². The van der Waals surface area contributed by atoms with Crippen molar-refractivity contribution in [2.24, 2.45) is 0 Å². The van der Waals surface area contributed by atoms with Crippen LogP contribution in [0, 0.1) is 0 Å². The normalized spacial score (nSPS) is 31.2. The Balaban J connectivity index is 1.98. The van der Waals surface area contributed by atoms with Gasteiger partial charge in [0.1, 0.15) is 0 Å². The van der Waals surface area contributed by atoms with Crippen molar-refractivity contribution in [2.45, 2.75) is 18.6 Å². The van der Waals surface area contributed by atoms with Gasteiger partial charge in [-0.05, 0) is 0 Å². The van der Waals surface area contributed by atoms with E-state index in [1.165, 1.54) is 0 Å². The van der Waals surface area contributed by atoms with Gasteiger partial charge in [0, 0.05) is 0 Å². The highest BCUT2D eigenvalue weighted by Gasteiger charge is 2.39. The van der Waals surface area contributed by atoms with E-state index in [2.05, 4.69) is 5.32 Å². The van der Waals surface area contributed by atoms with Gasteiger partial charge in [-0.15, -0.1) is 0 Å². The van der Waals surface area contributed by atoms with Crippen LogP contribution >= 0.6 is 0 Å². The third-order valence-electron chi connectivity index (χ3n) is 2.27. The van der Waals surface area contributed by atoms with Crippen LogP contribution in [0.5, 0.6) is 0 Å². The molecule has 2 fully saturated rings. The van der Waals surface area contributed by atoms with Crippen molar-refractivity contribution < 1.29 is 14.8 Å². The van der Waals surface area contributed by atoms with Gasteiger partial charge in [-0.2, -0.15) is 0 Å². The van der Waals surface area contributed by atoms with Crippen LogP contribution in [0.4, 0.5) is 0 Å². The summed E-state index contributed by atoms with van der Waals surface area (Å²) in [7, 11) is 0. The highest BCUT2D eigenvalue weighted by atomic mass is 16.7. The molecular weight excluding hydrogens is 130 g/mol. The lowest BCUT2D eigenvalue weighted by Gasteiger charge is -2.29. The Kier molecular flexibility index (Phi) is 1.64. The van der Waals surface area contributed by atoms with E-state index in [0.29, 0.717) is 0 Å². The molecule has 3 nitrogen and oxygen atoms in total. The standard InChI is InChI=1S/C7H13NO2/c1-3-8-4-2-7(1)9-5-6-10-7/h8H,1-6H2/p+1. The maximum atomic E-state index is 5.54. The molecule has 0 saturated carbocycles. The first-order valence-electron chi connectivity index (χ1n) is 4.01. The molecule has 0 unspecified atom stereocenters. The fourth-order valence-electron chi connectivity index (χ4n) is 1.70. The first-order valence-corrected chi connectivity index (χ1v) is 4.01. The molecule has 0 bridgehead atoms. The third-order valence-corrected chi connectivity index (χ3v) is 2.27. The number of hydrogen-bond acceptors (Lipinski definition) is 2. The Labute approximate surface area is 60.7 Å². The fraction of sp³-hybridized carbons (Fsp3) is 1.00. The minimum atomic E-state index is -0.158. The van der Waals surface area contributed by atoms with E-state index in [-0.39, 0.29) is 5.79 Å². The first kappa shape index (κ1) is 6.58. The zero-order chi connectivity index (χ0) is 6.86. The maximum Gasteiger partial charge on any atom is 0.179 e. The summed E-state index contributed by atoms with van der Waals surface area (Å²) in [5.41, 5.74) is 0. The van der Waals surface area contributed by atoms with Crippen LogP contribution in [-0.4, -0.2) is 32.1 Å². The molecular formula is C7H14NO2+. The lowest BCUT2D eigenvalue weighted by atomic mass is 10.1. The minimum Gasteiger partial charge on any atom is -0.347 e. The van der Waals surface area contributed by atoms with Gasteiger partial charge in [0.25, 0.3) is 0 Å². The Hall–Kier alpha value is -0.120. The molecule has 2 aliphatic heterocycles. The van der Waals surface area contributed by atoms with E-state index in [1.54, 1.807) is 0 Å². The van der Waals surface area contributed by atoms with Crippen LogP contribution in [0.1, 0.15) is 12.8 Å². The van der Waals surface area contributed by atoms with Crippen molar-refractivity contribution in [1.29, 1.82) is 0 Å². The van der Waals surface area contributed by atoms with Gasteiger partial charge in [0.15, 0.2) is 5.79 Å². The molecule has 2 N–H and O–H groups in total. The van der Waals surface area contributed by atoms with Crippen LogP contribution in [0.3, 0.4) is 0 Å². The molecule has 0 aromatic carbocycles. The maximum absolute atomic E-state index is 5.54. The van der Waals surface area contributed by atoms with Crippen LogP contribution < -0.4 is 5.32 Å². The summed E-state index contributed by atoms with van der Waals surface area (Å²) in [6, 6.07) is 0. The number of nitrogens with two attached hydrogens (primary N) is 1. The van der Waals surface area contributed by atoms with E-state index < -0.39 is 0 Å². The van der Waals surface area contributed by atoms with Gasteiger partial charge < -0.3 is 14.8 Å². The second kappa shape index (κ2) is 2.49. The smallest absolute Gasteiger partial charge is 0.179 e. The van der Waals surface area contributed by atoms with Crippen molar-refractivity contribution in [2.75, 3.05) is 26.3 Å². The molecule has 0 atom stereocenters. The molecule has 0 amide bonds. The monoisotopic (exact) mass is 144 g/mol. The van der Waals surface area contributed by atoms with Crippen LogP contribution in [-0.2, 0) is 9.47 Å². The first-order chi connectivity index (χ1) is 4.91. The van der Waals surface area contributed by atoms with Crippen LogP contribution in [0.2, 0.25) is 0 Å².